The lowest BCUT2D eigenvalue weighted by atomic mass is 10.1. The van der Waals surface area contributed by atoms with Crippen molar-refractivity contribution in [3.63, 3.8) is 0 Å². The Bertz CT molecular complexity index is 490. The van der Waals surface area contributed by atoms with Crippen molar-refractivity contribution in [1.29, 1.82) is 0 Å². The highest BCUT2D eigenvalue weighted by Gasteiger charge is 2.27. The monoisotopic (exact) mass is 303 g/mol. The molecule has 0 saturated carbocycles. The molecule has 5 nitrogen and oxygen atoms in total. The van der Waals surface area contributed by atoms with Crippen LogP contribution >= 0.6 is 0 Å². The van der Waals surface area contributed by atoms with E-state index >= 15 is 0 Å². The molecule has 1 saturated heterocycles. The van der Waals surface area contributed by atoms with Gasteiger partial charge in [-0.1, -0.05) is 30.3 Å². The zero-order valence-corrected chi connectivity index (χ0v) is 13.0. The van der Waals surface area contributed by atoms with Gasteiger partial charge in [-0.3, -0.25) is 14.5 Å². The van der Waals surface area contributed by atoms with Gasteiger partial charge in [0.05, 0.1) is 12.5 Å². The van der Waals surface area contributed by atoms with Gasteiger partial charge in [-0.15, -0.1) is 0 Å². The Balaban J connectivity index is 1.54. The van der Waals surface area contributed by atoms with Crippen LogP contribution < -0.4 is 11.1 Å². The number of benzene rings is 1. The number of unbranched alkanes of at least 4 members (excludes halogenated alkanes) is 1. The van der Waals surface area contributed by atoms with Gasteiger partial charge in [-0.05, 0) is 37.8 Å². The zero-order chi connectivity index (χ0) is 15.8. The summed E-state index contributed by atoms with van der Waals surface area (Å²) in [5.41, 5.74) is 6.62. The van der Waals surface area contributed by atoms with Crippen LogP contribution in [-0.2, 0) is 16.0 Å². The standard InChI is InChI=1S/C17H25N3O2/c18-17(22)15-9-11-20(12-15)13-16(21)19-10-5-4-8-14-6-2-1-3-7-14/h1-3,6-7,15H,4-5,8-13H2,(H2,18,22)(H,19,21). The lowest BCUT2D eigenvalue weighted by Gasteiger charge is -2.14. The van der Waals surface area contributed by atoms with Crippen LogP contribution in [0.4, 0.5) is 0 Å². The van der Waals surface area contributed by atoms with Gasteiger partial charge in [0.15, 0.2) is 0 Å². The molecule has 1 aliphatic rings. The molecule has 0 spiro atoms. The number of primary amides is 1. The Hall–Kier alpha value is -1.88. The predicted molar refractivity (Wildman–Crippen MR) is 86.1 cm³/mol. The molecule has 0 radical (unpaired) electrons. The fourth-order valence-electron chi connectivity index (χ4n) is 2.79. The number of nitrogens with two attached hydrogens (primary N) is 1. The minimum atomic E-state index is -0.260. The largest absolute Gasteiger partial charge is 0.369 e. The highest BCUT2D eigenvalue weighted by atomic mass is 16.2. The van der Waals surface area contributed by atoms with Gasteiger partial charge in [0.1, 0.15) is 0 Å². The topological polar surface area (TPSA) is 75.4 Å². The molecule has 5 heteroatoms. The van der Waals surface area contributed by atoms with Crippen LogP contribution in [0, 0.1) is 5.92 Å². The number of hydrogen-bond acceptors (Lipinski definition) is 3. The number of nitrogens with one attached hydrogen (secondary N) is 1. The number of hydrogen-bond donors (Lipinski definition) is 2. The summed E-state index contributed by atoms with van der Waals surface area (Å²) in [6, 6.07) is 10.4. The van der Waals surface area contributed by atoms with Gasteiger partial charge < -0.3 is 11.1 Å². The van der Waals surface area contributed by atoms with Crippen molar-refractivity contribution in [2.24, 2.45) is 11.7 Å². The van der Waals surface area contributed by atoms with Gasteiger partial charge in [0.2, 0.25) is 11.8 Å². The van der Waals surface area contributed by atoms with Gasteiger partial charge in [0.25, 0.3) is 0 Å². The summed E-state index contributed by atoms with van der Waals surface area (Å²) in [7, 11) is 0. The maximum atomic E-state index is 11.8. The molecular weight excluding hydrogens is 278 g/mol. The van der Waals surface area contributed by atoms with Crippen LogP contribution in [0.5, 0.6) is 0 Å². The van der Waals surface area contributed by atoms with Crippen LogP contribution in [0.2, 0.25) is 0 Å². The van der Waals surface area contributed by atoms with E-state index in [0.717, 1.165) is 32.2 Å². The van der Waals surface area contributed by atoms with Crippen molar-refractivity contribution in [3.8, 4) is 0 Å². The molecule has 1 fully saturated rings. The Labute approximate surface area is 131 Å². The fraction of sp³-hybridized carbons (Fsp3) is 0.529. The Morgan fingerprint density at radius 3 is 2.68 bits per heavy atom. The molecule has 1 unspecified atom stereocenters. The third kappa shape index (κ3) is 5.48. The van der Waals surface area contributed by atoms with Gasteiger partial charge in [-0.2, -0.15) is 0 Å². The second kappa shape index (κ2) is 8.54. The molecule has 22 heavy (non-hydrogen) atoms. The molecular formula is C17H25N3O2. The van der Waals surface area contributed by atoms with Crippen molar-refractivity contribution in [2.45, 2.75) is 25.7 Å². The first-order chi connectivity index (χ1) is 10.6. The quantitative estimate of drug-likeness (QED) is 0.702. The molecule has 3 N–H and O–H groups in total. The zero-order valence-electron chi connectivity index (χ0n) is 13.0. The summed E-state index contributed by atoms with van der Waals surface area (Å²) >= 11 is 0. The summed E-state index contributed by atoms with van der Waals surface area (Å²) in [6.45, 7) is 2.45. The maximum Gasteiger partial charge on any atom is 0.234 e. The summed E-state index contributed by atoms with van der Waals surface area (Å²) in [6.07, 6.45) is 3.85. The van der Waals surface area contributed by atoms with E-state index in [1.54, 1.807) is 0 Å². The lowest BCUT2D eigenvalue weighted by Crippen LogP contribution is -2.37. The van der Waals surface area contributed by atoms with Crippen LogP contribution in [0.1, 0.15) is 24.8 Å². The smallest absolute Gasteiger partial charge is 0.234 e. The van der Waals surface area contributed by atoms with E-state index in [2.05, 4.69) is 17.4 Å². The lowest BCUT2D eigenvalue weighted by molar-refractivity contribution is -0.123. The number of carbonyl (C=O) groups is 2. The normalized spacial score (nSPS) is 18.3. The van der Waals surface area contributed by atoms with E-state index in [1.165, 1.54) is 5.56 Å². The Morgan fingerprint density at radius 1 is 1.23 bits per heavy atom. The first-order valence-electron chi connectivity index (χ1n) is 7.97. The number of likely N-dealkylation sites (tertiary alicyclic amines) is 1. The van der Waals surface area contributed by atoms with Crippen molar-refractivity contribution in [1.82, 2.24) is 10.2 Å². The average molecular weight is 303 g/mol. The number of amides is 2. The fourth-order valence-corrected chi connectivity index (χ4v) is 2.79. The first kappa shape index (κ1) is 16.5. The van der Waals surface area contributed by atoms with Gasteiger partial charge in [0, 0.05) is 13.1 Å². The third-order valence-electron chi connectivity index (χ3n) is 4.10. The van der Waals surface area contributed by atoms with E-state index in [1.807, 2.05) is 23.1 Å². The summed E-state index contributed by atoms with van der Waals surface area (Å²) in [5, 5.41) is 2.94. The first-order valence-corrected chi connectivity index (χ1v) is 7.97. The van der Waals surface area contributed by atoms with Crippen molar-refractivity contribution < 1.29 is 9.59 Å². The highest BCUT2D eigenvalue weighted by Crippen LogP contribution is 2.14. The minimum Gasteiger partial charge on any atom is -0.369 e. The maximum absolute atomic E-state index is 11.8. The Kier molecular flexibility index (Phi) is 6.40. The minimum absolute atomic E-state index is 0.0323. The van der Waals surface area contributed by atoms with E-state index in [4.69, 9.17) is 5.73 Å². The molecule has 1 atom stereocenters. The van der Waals surface area contributed by atoms with E-state index in [0.29, 0.717) is 19.6 Å². The second-order valence-electron chi connectivity index (χ2n) is 5.92. The van der Waals surface area contributed by atoms with Crippen LogP contribution in [0.15, 0.2) is 30.3 Å². The van der Waals surface area contributed by atoms with E-state index in [-0.39, 0.29) is 17.7 Å². The molecule has 0 bridgehead atoms. The molecule has 120 valence electrons. The number of nitrogens with zero attached hydrogens (tertiary/aromatic N) is 1. The van der Waals surface area contributed by atoms with Crippen LogP contribution in [0.3, 0.4) is 0 Å². The van der Waals surface area contributed by atoms with Crippen molar-refractivity contribution >= 4 is 11.8 Å². The molecule has 0 aromatic heterocycles. The average Bonchev–Trinajstić information content (AvgIpc) is 2.96. The van der Waals surface area contributed by atoms with Crippen LogP contribution in [0.25, 0.3) is 0 Å². The summed E-state index contributed by atoms with van der Waals surface area (Å²) in [4.78, 5) is 24.9. The number of aryl methyl sites for hydroxylation is 1. The van der Waals surface area contributed by atoms with Crippen LogP contribution in [-0.4, -0.2) is 42.9 Å². The summed E-state index contributed by atoms with van der Waals surface area (Å²) < 4.78 is 0. The van der Waals surface area contributed by atoms with Gasteiger partial charge >= 0.3 is 0 Å². The molecule has 2 rings (SSSR count). The molecule has 1 heterocycles. The number of carbonyl (C=O) groups excluding carboxylic acids is 2. The second-order valence-corrected chi connectivity index (χ2v) is 5.92. The highest BCUT2D eigenvalue weighted by molar-refractivity contribution is 5.79. The summed E-state index contributed by atoms with van der Waals surface area (Å²) in [5.74, 6) is -0.327. The van der Waals surface area contributed by atoms with Crippen molar-refractivity contribution in [2.75, 3.05) is 26.2 Å². The molecule has 1 aromatic rings. The third-order valence-corrected chi connectivity index (χ3v) is 4.10. The van der Waals surface area contributed by atoms with E-state index < -0.39 is 0 Å². The molecule has 2 amide bonds. The Morgan fingerprint density at radius 2 is 2.00 bits per heavy atom. The predicted octanol–water partition coefficient (Wildman–Crippen LogP) is 0.933. The molecule has 0 aliphatic carbocycles. The molecule has 1 aliphatic heterocycles. The number of rotatable bonds is 8. The molecule has 1 aromatic carbocycles. The SMILES string of the molecule is NC(=O)C1CCN(CC(=O)NCCCCc2ccccc2)C1. The van der Waals surface area contributed by atoms with E-state index in [9.17, 15) is 9.59 Å². The van der Waals surface area contributed by atoms with Gasteiger partial charge in [-0.25, -0.2) is 0 Å². The van der Waals surface area contributed by atoms with Crippen molar-refractivity contribution in [3.05, 3.63) is 35.9 Å².